The highest BCUT2D eigenvalue weighted by molar-refractivity contribution is 9.10. The first-order valence-electron chi connectivity index (χ1n) is 7.75. The lowest BCUT2D eigenvalue weighted by atomic mass is 9.92. The van der Waals surface area contributed by atoms with Gasteiger partial charge >= 0.3 is 0 Å². The quantitative estimate of drug-likeness (QED) is 0.903. The molecule has 1 aromatic rings. The minimum atomic E-state index is 0.176. The number of aryl methyl sites for hydroxylation is 2. The van der Waals surface area contributed by atoms with Crippen molar-refractivity contribution < 1.29 is 4.79 Å². The molecule has 0 spiro atoms. The number of nitrogens with zero attached hydrogens (tertiary/aromatic N) is 1. The van der Waals surface area contributed by atoms with Crippen LogP contribution in [0.15, 0.2) is 22.7 Å². The minimum Gasteiger partial charge on any atom is -0.342 e. The molecular weight excluding hydrogens is 328 g/mol. The fraction of sp³-hybridized carbons (Fsp3) is 0.588. The molecule has 1 saturated heterocycles. The molecule has 3 nitrogen and oxygen atoms in total. The topological polar surface area (TPSA) is 46.3 Å². The number of benzene rings is 1. The summed E-state index contributed by atoms with van der Waals surface area (Å²) in [5.41, 5.74) is 8.43. The number of hydrogen-bond acceptors (Lipinski definition) is 2. The Morgan fingerprint density at radius 2 is 2.29 bits per heavy atom. The lowest BCUT2D eigenvalue weighted by Crippen LogP contribution is -2.45. The highest BCUT2D eigenvalue weighted by Gasteiger charge is 2.25. The van der Waals surface area contributed by atoms with E-state index in [4.69, 9.17) is 5.73 Å². The van der Waals surface area contributed by atoms with Crippen LogP contribution in [-0.2, 0) is 11.2 Å². The Morgan fingerprint density at radius 3 is 2.95 bits per heavy atom. The average Bonchev–Trinajstić information content (AvgIpc) is 2.48. The summed E-state index contributed by atoms with van der Waals surface area (Å²) in [6.07, 6.45) is 3.63. The smallest absolute Gasteiger partial charge is 0.222 e. The maximum absolute atomic E-state index is 12.4. The first-order chi connectivity index (χ1) is 9.97. The van der Waals surface area contributed by atoms with E-state index in [2.05, 4.69) is 41.1 Å². The third-order valence-electron chi connectivity index (χ3n) is 4.40. The van der Waals surface area contributed by atoms with Crippen LogP contribution in [0, 0.1) is 12.8 Å². The van der Waals surface area contributed by atoms with Crippen LogP contribution in [0.25, 0.3) is 0 Å². The van der Waals surface area contributed by atoms with E-state index >= 15 is 0 Å². The second kappa shape index (κ2) is 7.41. The van der Waals surface area contributed by atoms with Crippen molar-refractivity contribution in [1.82, 2.24) is 4.90 Å². The molecule has 1 amide bonds. The zero-order valence-corrected chi connectivity index (χ0v) is 14.5. The van der Waals surface area contributed by atoms with Crippen molar-refractivity contribution in [3.05, 3.63) is 33.8 Å². The van der Waals surface area contributed by atoms with Gasteiger partial charge in [-0.25, -0.2) is 0 Å². The Balaban J connectivity index is 1.87. The van der Waals surface area contributed by atoms with Crippen molar-refractivity contribution in [1.29, 1.82) is 0 Å². The first-order valence-corrected chi connectivity index (χ1v) is 8.55. The molecule has 1 aromatic carbocycles. The van der Waals surface area contributed by atoms with Gasteiger partial charge in [-0.05, 0) is 56.2 Å². The average molecular weight is 353 g/mol. The molecule has 1 aliphatic rings. The largest absolute Gasteiger partial charge is 0.342 e. The number of carbonyl (C=O) groups is 1. The molecule has 0 unspecified atom stereocenters. The van der Waals surface area contributed by atoms with Crippen molar-refractivity contribution >= 4 is 21.8 Å². The predicted octanol–water partition coefficient (Wildman–Crippen LogP) is 3.28. The van der Waals surface area contributed by atoms with Crippen LogP contribution in [0.3, 0.4) is 0 Å². The number of hydrogen-bond donors (Lipinski definition) is 1. The monoisotopic (exact) mass is 352 g/mol. The van der Waals surface area contributed by atoms with Gasteiger partial charge in [-0.1, -0.05) is 28.1 Å². The SMILES string of the molecule is Cc1cc(CCC(=O)N2CCC[C@H]([C@H](C)N)C2)ccc1Br. The van der Waals surface area contributed by atoms with Gasteiger partial charge in [0.1, 0.15) is 0 Å². The number of amides is 1. The third-order valence-corrected chi connectivity index (χ3v) is 5.29. The molecule has 1 fully saturated rings. The van der Waals surface area contributed by atoms with Crippen LogP contribution in [-0.4, -0.2) is 29.9 Å². The van der Waals surface area contributed by atoms with Crippen molar-refractivity contribution in [2.75, 3.05) is 13.1 Å². The van der Waals surface area contributed by atoms with E-state index in [0.717, 1.165) is 36.8 Å². The van der Waals surface area contributed by atoms with Crippen LogP contribution in [0.4, 0.5) is 0 Å². The number of piperidine rings is 1. The van der Waals surface area contributed by atoms with Crippen LogP contribution in [0.5, 0.6) is 0 Å². The predicted molar refractivity (Wildman–Crippen MR) is 90.2 cm³/mol. The van der Waals surface area contributed by atoms with E-state index in [-0.39, 0.29) is 11.9 Å². The molecule has 0 radical (unpaired) electrons. The second-order valence-electron chi connectivity index (χ2n) is 6.18. The van der Waals surface area contributed by atoms with Gasteiger partial charge in [-0.3, -0.25) is 4.79 Å². The van der Waals surface area contributed by atoms with E-state index in [9.17, 15) is 4.79 Å². The maximum atomic E-state index is 12.4. The summed E-state index contributed by atoms with van der Waals surface area (Å²) in [6.45, 7) is 5.84. The number of nitrogens with two attached hydrogens (primary N) is 1. The number of rotatable bonds is 4. The normalized spacial score (nSPS) is 20.4. The van der Waals surface area contributed by atoms with Crippen LogP contribution >= 0.6 is 15.9 Å². The molecule has 1 aliphatic heterocycles. The summed E-state index contributed by atoms with van der Waals surface area (Å²) >= 11 is 3.51. The number of likely N-dealkylation sites (tertiary alicyclic amines) is 1. The Hall–Kier alpha value is -0.870. The van der Waals surface area contributed by atoms with Crippen molar-refractivity contribution in [3.63, 3.8) is 0 Å². The molecule has 0 aliphatic carbocycles. The van der Waals surface area contributed by atoms with E-state index in [0.29, 0.717) is 12.3 Å². The van der Waals surface area contributed by atoms with Crippen LogP contribution in [0.2, 0.25) is 0 Å². The van der Waals surface area contributed by atoms with Gasteiger partial charge in [0, 0.05) is 30.0 Å². The fourth-order valence-electron chi connectivity index (χ4n) is 2.94. The molecule has 0 aromatic heterocycles. The summed E-state index contributed by atoms with van der Waals surface area (Å²) in [6, 6.07) is 6.47. The Kier molecular flexibility index (Phi) is 5.82. The molecule has 21 heavy (non-hydrogen) atoms. The second-order valence-corrected chi connectivity index (χ2v) is 7.04. The lowest BCUT2D eigenvalue weighted by molar-refractivity contribution is -0.133. The van der Waals surface area contributed by atoms with Gasteiger partial charge in [0.2, 0.25) is 5.91 Å². The van der Waals surface area contributed by atoms with E-state index in [1.807, 2.05) is 11.8 Å². The fourth-order valence-corrected chi connectivity index (χ4v) is 3.18. The van der Waals surface area contributed by atoms with Gasteiger partial charge in [0.25, 0.3) is 0 Å². The highest BCUT2D eigenvalue weighted by atomic mass is 79.9. The Morgan fingerprint density at radius 1 is 1.52 bits per heavy atom. The van der Waals surface area contributed by atoms with E-state index < -0.39 is 0 Å². The molecular formula is C17H25BrN2O. The molecule has 2 atom stereocenters. The highest BCUT2D eigenvalue weighted by Crippen LogP contribution is 2.21. The summed E-state index contributed by atoms with van der Waals surface area (Å²) in [5, 5.41) is 0. The third kappa shape index (κ3) is 4.55. The van der Waals surface area contributed by atoms with Crippen molar-refractivity contribution in [3.8, 4) is 0 Å². The van der Waals surface area contributed by atoms with Crippen molar-refractivity contribution in [2.45, 2.75) is 45.6 Å². The molecule has 4 heteroatoms. The molecule has 0 saturated carbocycles. The molecule has 2 rings (SSSR count). The van der Waals surface area contributed by atoms with Crippen LogP contribution < -0.4 is 5.73 Å². The number of halogens is 1. The van der Waals surface area contributed by atoms with Gasteiger partial charge in [0.15, 0.2) is 0 Å². The Bertz CT molecular complexity index is 502. The first kappa shape index (κ1) is 16.5. The molecule has 0 bridgehead atoms. The molecule has 116 valence electrons. The summed E-state index contributed by atoms with van der Waals surface area (Å²) in [5.74, 6) is 0.721. The van der Waals surface area contributed by atoms with Crippen molar-refractivity contribution in [2.24, 2.45) is 11.7 Å². The maximum Gasteiger partial charge on any atom is 0.222 e. The summed E-state index contributed by atoms with van der Waals surface area (Å²) < 4.78 is 1.12. The molecule has 1 heterocycles. The van der Waals surface area contributed by atoms with Gasteiger partial charge in [-0.15, -0.1) is 0 Å². The van der Waals surface area contributed by atoms with E-state index in [1.54, 1.807) is 0 Å². The molecule has 2 N–H and O–H groups in total. The van der Waals surface area contributed by atoms with Gasteiger partial charge in [-0.2, -0.15) is 0 Å². The standard InChI is InChI=1S/C17H25BrN2O/c1-12-10-14(5-7-16(12)18)6-8-17(21)20-9-3-4-15(11-20)13(2)19/h5,7,10,13,15H,3-4,6,8-9,11,19H2,1-2H3/t13-,15-/m0/s1. The number of carbonyl (C=O) groups excluding carboxylic acids is 1. The summed E-state index contributed by atoms with van der Waals surface area (Å²) in [7, 11) is 0. The van der Waals surface area contributed by atoms with Gasteiger partial charge in [0.05, 0.1) is 0 Å². The zero-order valence-electron chi connectivity index (χ0n) is 12.9. The van der Waals surface area contributed by atoms with Crippen LogP contribution in [0.1, 0.15) is 37.3 Å². The van der Waals surface area contributed by atoms with Gasteiger partial charge < -0.3 is 10.6 Å². The zero-order chi connectivity index (χ0) is 15.4. The lowest BCUT2D eigenvalue weighted by Gasteiger charge is -2.34. The Labute approximate surface area is 136 Å². The summed E-state index contributed by atoms with van der Waals surface area (Å²) in [4.78, 5) is 14.4. The van der Waals surface area contributed by atoms with E-state index in [1.165, 1.54) is 11.1 Å². The minimum absolute atomic E-state index is 0.176.